The van der Waals surface area contributed by atoms with E-state index in [0.717, 1.165) is 19.4 Å². The Morgan fingerprint density at radius 1 is 1.44 bits per heavy atom. The molecule has 1 aromatic rings. The SMILES string of the molecule is CC1(c2c(Br)cc(F)c(O)c2O)CCCN1. The van der Waals surface area contributed by atoms with E-state index in [1.54, 1.807) is 0 Å². The number of phenols is 2. The number of rotatable bonds is 1. The summed E-state index contributed by atoms with van der Waals surface area (Å²) in [5.74, 6) is -1.90. The van der Waals surface area contributed by atoms with Crippen molar-refractivity contribution in [3.63, 3.8) is 0 Å². The highest BCUT2D eigenvalue weighted by molar-refractivity contribution is 9.10. The zero-order valence-corrected chi connectivity index (χ0v) is 10.4. The molecule has 2 rings (SSSR count). The molecule has 0 radical (unpaired) electrons. The second-order valence-electron chi connectivity index (χ2n) is 4.27. The first-order chi connectivity index (χ1) is 7.46. The topological polar surface area (TPSA) is 52.5 Å². The first-order valence-electron chi connectivity index (χ1n) is 5.11. The van der Waals surface area contributed by atoms with Gasteiger partial charge >= 0.3 is 0 Å². The van der Waals surface area contributed by atoms with Crippen LogP contribution in [0.25, 0.3) is 0 Å². The van der Waals surface area contributed by atoms with Gasteiger partial charge in [0.25, 0.3) is 0 Å². The van der Waals surface area contributed by atoms with Crippen molar-refractivity contribution in [3.8, 4) is 11.5 Å². The highest BCUT2D eigenvalue weighted by Crippen LogP contribution is 2.45. The minimum atomic E-state index is -0.824. The molecule has 1 aromatic carbocycles. The molecule has 0 aliphatic carbocycles. The van der Waals surface area contributed by atoms with E-state index in [9.17, 15) is 14.6 Å². The van der Waals surface area contributed by atoms with Gasteiger partial charge in [0, 0.05) is 15.6 Å². The molecule has 88 valence electrons. The van der Waals surface area contributed by atoms with Crippen LogP contribution < -0.4 is 5.32 Å². The van der Waals surface area contributed by atoms with Crippen molar-refractivity contribution in [2.24, 2.45) is 0 Å². The van der Waals surface area contributed by atoms with Crippen LogP contribution >= 0.6 is 15.9 Å². The van der Waals surface area contributed by atoms with E-state index in [1.165, 1.54) is 6.07 Å². The van der Waals surface area contributed by atoms with Crippen LogP contribution in [0.15, 0.2) is 10.5 Å². The minimum absolute atomic E-state index is 0.385. The van der Waals surface area contributed by atoms with Gasteiger partial charge in [0.15, 0.2) is 17.3 Å². The lowest BCUT2D eigenvalue weighted by Crippen LogP contribution is -2.33. The average molecular weight is 290 g/mol. The number of phenolic OH excluding ortho intramolecular Hbond substituents is 2. The van der Waals surface area contributed by atoms with Gasteiger partial charge < -0.3 is 15.5 Å². The van der Waals surface area contributed by atoms with Crippen molar-refractivity contribution in [1.82, 2.24) is 5.32 Å². The summed E-state index contributed by atoms with van der Waals surface area (Å²) in [6, 6.07) is 1.18. The molecule has 1 aliphatic heterocycles. The molecule has 3 nitrogen and oxygen atoms in total. The molecule has 1 saturated heterocycles. The Balaban J connectivity index is 2.60. The number of halogens is 2. The second-order valence-corrected chi connectivity index (χ2v) is 5.13. The molecule has 1 unspecified atom stereocenters. The lowest BCUT2D eigenvalue weighted by molar-refractivity contribution is 0.350. The zero-order chi connectivity index (χ0) is 11.9. The smallest absolute Gasteiger partial charge is 0.194 e. The third kappa shape index (κ3) is 1.68. The maximum Gasteiger partial charge on any atom is 0.194 e. The summed E-state index contributed by atoms with van der Waals surface area (Å²) in [7, 11) is 0. The molecule has 1 aliphatic rings. The van der Waals surface area contributed by atoms with Crippen LogP contribution in [-0.2, 0) is 5.54 Å². The molecule has 0 aromatic heterocycles. The predicted molar refractivity (Wildman–Crippen MR) is 62.0 cm³/mol. The van der Waals surface area contributed by atoms with Crippen LogP contribution in [0.5, 0.6) is 11.5 Å². The fourth-order valence-corrected chi connectivity index (χ4v) is 3.06. The number of hydrogen-bond donors (Lipinski definition) is 3. The Morgan fingerprint density at radius 3 is 2.69 bits per heavy atom. The first-order valence-corrected chi connectivity index (χ1v) is 5.90. The highest BCUT2D eigenvalue weighted by Gasteiger charge is 2.36. The number of hydrogen-bond acceptors (Lipinski definition) is 3. The summed E-state index contributed by atoms with van der Waals surface area (Å²) >= 11 is 3.23. The van der Waals surface area contributed by atoms with Crippen LogP contribution in [0, 0.1) is 5.82 Å². The van der Waals surface area contributed by atoms with E-state index in [1.807, 2.05) is 6.92 Å². The highest BCUT2D eigenvalue weighted by atomic mass is 79.9. The van der Waals surface area contributed by atoms with Gasteiger partial charge in [-0.15, -0.1) is 0 Å². The van der Waals surface area contributed by atoms with Crippen LogP contribution in [0.4, 0.5) is 4.39 Å². The molecule has 16 heavy (non-hydrogen) atoms. The van der Waals surface area contributed by atoms with Gasteiger partial charge in [-0.2, -0.15) is 0 Å². The van der Waals surface area contributed by atoms with Crippen LogP contribution in [0.3, 0.4) is 0 Å². The van der Waals surface area contributed by atoms with Crippen LogP contribution in [0.2, 0.25) is 0 Å². The van der Waals surface area contributed by atoms with Gasteiger partial charge in [0.05, 0.1) is 0 Å². The monoisotopic (exact) mass is 289 g/mol. The average Bonchev–Trinajstić information content (AvgIpc) is 2.62. The Labute approximate surface area is 101 Å². The second kappa shape index (κ2) is 3.89. The molecule has 0 bridgehead atoms. The summed E-state index contributed by atoms with van der Waals surface area (Å²) in [4.78, 5) is 0. The number of nitrogens with one attached hydrogen (secondary N) is 1. The number of aromatic hydroxyl groups is 2. The summed E-state index contributed by atoms with van der Waals surface area (Å²) in [6.45, 7) is 2.78. The van der Waals surface area contributed by atoms with Crippen LogP contribution in [0.1, 0.15) is 25.3 Å². The van der Waals surface area contributed by atoms with E-state index in [-0.39, 0.29) is 5.75 Å². The Kier molecular flexibility index (Phi) is 2.84. The fraction of sp³-hybridized carbons (Fsp3) is 0.455. The molecule has 0 spiro atoms. The standard InChI is InChI=1S/C11H13BrFNO2/c1-11(3-2-4-14-11)8-6(12)5-7(13)9(15)10(8)16/h5,14-16H,2-4H2,1H3. The molecule has 3 N–H and O–H groups in total. The lowest BCUT2D eigenvalue weighted by atomic mass is 9.89. The molecule has 1 heterocycles. The van der Waals surface area contributed by atoms with Gasteiger partial charge in [-0.05, 0) is 32.4 Å². The van der Waals surface area contributed by atoms with E-state index >= 15 is 0 Å². The van der Waals surface area contributed by atoms with Gasteiger partial charge in [-0.1, -0.05) is 15.9 Å². The molecular weight excluding hydrogens is 277 g/mol. The first kappa shape index (κ1) is 11.7. The molecule has 1 atom stereocenters. The third-order valence-corrected chi connectivity index (χ3v) is 3.73. The fourth-order valence-electron chi connectivity index (χ4n) is 2.23. The third-order valence-electron chi connectivity index (χ3n) is 3.10. The maximum absolute atomic E-state index is 13.2. The van der Waals surface area contributed by atoms with Gasteiger partial charge in [0.2, 0.25) is 0 Å². The zero-order valence-electron chi connectivity index (χ0n) is 8.85. The van der Waals surface area contributed by atoms with Gasteiger partial charge in [-0.3, -0.25) is 0 Å². The van der Waals surface area contributed by atoms with E-state index in [4.69, 9.17) is 0 Å². The molecule has 5 heteroatoms. The van der Waals surface area contributed by atoms with Crippen LogP contribution in [-0.4, -0.2) is 16.8 Å². The van der Waals surface area contributed by atoms with E-state index in [2.05, 4.69) is 21.2 Å². The lowest BCUT2D eigenvalue weighted by Gasteiger charge is -2.27. The molecule has 0 amide bonds. The Hall–Kier alpha value is -0.810. The van der Waals surface area contributed by atoms with Crippen molar-refractivity contribution in [1.29, 1.82) is 0 Å². The van der Waals surface area contributed by atoms with Crippen molar-refractivity contribution in [3.05, 3.63) is 21.9 Å². The molecular formula is C11H13BrFNO2. The van der Waals surface area contributed by atoms with Crippen molar-refractivity contribution in [2.45, 2.75) is 25.3 Å². The predicted octanol–water partition coefficient (Wildman–Crippen LogP) is 2.60. The largest absolute Gasteiger partial charge is 0.504 e. The minimum Gasteiger partial charge on any atom is -0.504 e. The summed E-state index contributed by atoms with van der Waals surface area (Å²) in [6.07, 6.45) is 1.82. The van der Waals surface area contributed by atoms with Crippen molar-refractivity contribution in [2.75, 3.05) is 6.54 Å². The maximum atomic E-state index is 13.2. The molecule has 0 saturated carbocycles. The quantitative estimate of drug-likeness (QED) is 0.697. The van der Waals surface area contributed by atoms with Gasteiger partial charge in [0.1, 0.15) is 0 Å². The normalized spacial score (nSPS) is 24.9. The summed E-state index contributed by atoms with van der Waals surface area (Å²) in [5.41, 5.74) is 0.0950. The Bertz CT molecular complexity index is 430. The molecule has 1 fully saturated rings. The van der Waals surface area contributed by atoms with Crippen molar-refractivity contribution >= 4 is 15.9 Å². The van der Waals surface area contributed by atoms with E-state index in [0.29, 0.717) is 10.0 Å². The van der Waals surface area contributed by atoms with Crippen molar-refractivity contribution < 1.29 is 14.6 Å². The van der Waals surface area contributed by atoms with E-state index < -0.39 is 17.1 Å². The summed E-state index contributed by atoms with van der Waals surface area (Å²) < 4.78 is 13.6. The summed E-state index contributed by atoms with van der Waals surface area (Å²) in [5, 5.41) is 22.5. The van der Waals surface area contributed by atoms with Gasteiger partial charge in [-0.25, -0.2) is 4.39 Å². The number of benzene rings is 1. The Morgan fingerprint density at radius 2 is 2.12 bits per heavy atom.